The quantitative estimate of drug-likeness (QED) is 0.176. The molecule has 0 bridgehead atoms. The predicted octanol–water partition coefficient (Wildman–Crippen LogP) is 2.74. The van der Waals surface area contributed by atoms with Gasteiger partial charge in [0.15, 0.2) is 0 Å². The van der Waals surface area contributed by atoms with Crippen LogP contribution in [0.25, 0.3) is 0 Å². The Morgan fingerprint density at radius 2 is 1.56 bits per heavy atom. The Morgan fingerprint density at radius 1 is 0.911 bits per heavy atom. The van der Waals surface area contributed by atoms with Crippen molar-refractivity contribution in [2.24, 2.45) is 11.8 Å². The summed E-state index contributed by atoms with van der Waals surface area (Å²) in [6.07, 6.45) is 15.7. The molecule has 1 saturated carbocycles. The SMILES string of the molecule is C#CCC[C@H](NC(=O)[C@@H](CC(=O)N(C)CCN(C)C)Cc1ccccc1)C(=O)N[C@@H](CC1CCCCC1)[C@@H](O)[C@@H](O)CCC#C. The zero-order valence-electron chi connectivity index (χ0n) is 27.4. The van der Waals surface area contributed by atoms with E-state index in [9.17, 15) is 24.6 Å². The summed E-state index contributed by atoms with van der Waals surface area (Å²) < 4.78 is 0. The van der Waals surface area contributed by atoms with Crippen LogP contribution in [-0.2, 0) is 20.8 Å². The Kier molecular flexibility index (Phi) is 17.3. The highest BCUT2D eigenvalue weighted by Gasteiger charge is 2.34. The first-order chi connectivity index (χ1) is 21.5. The van der Waals surface area contributed by atoms with Crippen LogP contribution >= 0.6 is 0 Å². The van der Waals surface area contributed by atoms with Gasteiger partial charge in [0.1, 0.15) is 12.1 Å². The number of hydrogen-bond donors (Lipinski definition) is 4. The summed E-state index contributed by atoms with van der Waals surface area (Å²) in [6, 6.07) is 7.78. The number of nitrogens with one attached hydrogen (secondary N) is 2. The molecule has 0 radical (unpaired) electrons. The lowest BCUT2D eigenvalue weighted by Gasteiger charge is -2.33. The Morgan fingerprint density at radius 3 is 2.18 bits per heavy atom. The van der Waals surface area contributed by atoms with E-state index in [2.05, 4.69) is 22.5 Å². The van der Waals surface area contributed by atoms with Gasteiger partial charge in [0.05, 0.1) is 18.1 Å². The zero-order chi connectivity index (χ0) is 33.2. The largest absolute Gasteiger partial charge is 0.390 e. The number of aliphatic hydroxyl groups is 2. The Balaban J connectivity index is 2.24. The van der Waals surface area contributed by atoms with Gasteiger partial charge in [-0.05, 0) is 51.3 Å². The molecule has 45 heavy (non-hydrogen) atoms. The van der Waals surface area contributed by atoms with Gasteiger partial charge < -0.3 is 30.6 Å². The fourth-order valence-corrected chi connectivity index (χ4v) is 5.80. The van der Waals surface area contributed by atoms with E-state index in [0.29, 0.717) is 38.3 Å². The van der Waals surface area contributed by atoms with E-state index in [-0.39, 0.29) is 31.6 Å². The molecule has 0 aliphatic heterocycles. The summed E-state index contributed by atoms with van der Waals surface area (Å²) in [5, 5.41) is 27.6. The van der Waals surface area contributed by atoms with E-state index in [0.717, 1.165) is 31.2 Å². The van der Waals surface area contributed by atoms with Crippen LogP contribution in [0.2, 0.25) is 0 Å². The van der Waals surface area contributed by atoms with Gasteiger partial charge in [-0.1, -0.05) is 62.4 Å². The van der Waals surface area contributed by atoms with Gasteiger partial charge in [0.2, 0.25) is 17.7 Å². The van der Waals surface area contributed by atoms with Gasteiger partial charge >= 0.3 is 0 Å². The van der Waals surface area contributed by atoms with Crippen LogP contribution in [0.1, 0.15) is 76.2 Å². The summed E-state index contributed by atoms with van der Waals surface area (Å²) in [5.74, 6) is 3.58. The minimum atomic E-state index is -1.21. The number of terminal acetylenes is 2. The van der Waals surface area contributed by atoms with Crippen molar-refractivity contribution in [2.45, 2.75) is 101 Å². The molecule has 1 aromatic carbocycles. The molecule has 0 unspecified atom stereocenters. The van der Waals surface area contributed by atoms with Crippen molar-refractivity contribution in [1.82, 2.24) is 20.4 Å². The van der Waals surface area contributed by atoms with Crippen LogP contribution in [0.5, 0.6) is 0 Å². The number of nitrogens with zero attached hydrogens (tertiary/aromatic N) is 2. The highest BCUT2D eigenvalue weighted by Crippen LogP contribution is 2.29. The number of benzene rings is 1. The minimum absolute atomic E-state index is 0.0154. The summed E-state index contributed by atoms with van der Waals surface area (Å²) in [5.41, 5.74) is 0.905. The topological polar surface area (TPSA) is 122 Å². The average molecular weight is 623 g/mol. The molecular formula is C36H54N4O5. The third-order valence-electron chi connectivity index (χ3n) is 8.67. The first kappa shape index (κ1) is 37.8. The number of carbonyl (C=O) groups is 3. The standard InChI is InChI=1S/C36H54N4O5/c1-6-8-20-30(36(45)38-31(25-28-18-14-11-15-19-28)34(43)32(41)21-9-7-2)37-35(44)29(24-27-16-12-10-13-17-27)26-33(42)40(5)23-22-39(3)4/h1-2,10,12-13,16-17,28-32,34,41,43H,8-9,11,14-15,18-26H2,3-5H3,(H,37,44)(H,38,45)/t29-,30+,31+,32+,34-/m1/s1. The van der Waals surface area contributed by atoms with Crippen molar-refractivity contribution in [3.05, 3.63) is 35.9 Å². The van der Waals surface area contributed by atoms with Crippen LogP contribution in [0.15, 0.2) is 30.3 Å². The maximum Gasteiger partial charge on any atom is 0.242 e. The van der Waals surface area contributed by atoms with Crippen molar-refractivity contribution < 1.29 is 24.6 Å². The summed E-state index contributed by atoms with van der Waals surface area (Å²) in [4.78, 5) is 44.3. The molecule has 3 amide bonds. The molecule has 4 N–H and O–H groups in total. The van der Waals surface area contributed by atoms with E-state index in [1.807, 2.05) is 49.3 Å². The molecule has 1 fully saturated rings. The van der Waals surface area contributed by atoms with Crippen LogP contribution in [0.4, 0.5) is 0 Å². The van der Waals surface area contributed by atoms with Gasteiger partial charge in [-0.3, -0.25) is 14.4 Å². The molecule has 0 aromatic heterocycles. The van der Waals surface area contributed by atoms with Gasteiger partial charge in [-0.25, -0.2) is 0 Å². The third kappa shape index (κ3) is 14.1. The second-order valence-electron chi connectivity index (χ2n) is 12.7. The molecule has 248 valence electrons. The van der Waals surface area contributed by atoms with E-state index in [1.165, 1.54) is 6.42 Å². The van der Waals surface area contributed by atoms with E-state index in [1.54, 1.807) is 11.9 Å². The van der Waals surface area contributed by atoms with Gasteiger partial charge in [-0.15, -0.1) is 24.7 Å². The van der Waals surface area contributed by atoms with Gasteiger partial charge in [-0.2, -0.15) is 0 Å². The van der Waals surface area contributed by atoms with Crippen LogP contribution in [0.3, 0.4) is 0 Å². The van der Waals surface area contributed by atoms with E-state index >= 15 is 0 Å². The third-order valence-corrected chi connectivity index (χ3v) is 8.67. The van der Waals surface area contributed by atoms with Gasteiger partial charge in [0, 0.05) is 39.4 Å². The molecule has 1 aromatic rings. The van der Waals surface area contributed by atoms with E-state index < -0.39 is 42.0 Å². The molecule has 9 heteroatoms. The molecule has 0 saturated heterocycles. The number of aliphatic hydroxyl groups excluding tert-OH is 2. The maximum absolute atomic E-state index is 13.8. The number of carbonyl (C=O) groups excluding carboxylic acids is 3. The molecule has 9 nitrogen and oxygen atoms in total. The molecule has 0 spiro atoms. The number of likely N-dealkylation sites (N-methyl/N-ethyl adjacent to an activating group) is 2. The Hall–Kier alpha value is -3.37. The normalized spacial score (nSPS) is 16.8. The Bertz CT molecular complexity index is 1120. The fourth-order valence-electron chi connectivity index (χ4n) is 5.80. The lowest BCUT2D eigenvalue weighted by Crippen LogP contribution is -2.56. The van der Waals surface area contributed by atoms with Crippen LogP contribution in [-0.4, -0.2) is 96.3 Å². The minimum Gasteiger partial charge on any atom is -0.390 e. The van der Waals surface area contributed by atoms with Crippen molar-refractivity contribution in [2.75, 3.05) is 34.2 Å². The zero-order valence-corrected chi connectivity index (χ0v) is 27.4. The second kappa shape index (κ2) is 20.6. The maximum atomic E-state index is 13.8. The fraction of sp³-hybridized carbons (Fsp3) is 0.639. The molecule has 2 rings (SSSR count). The lowest BCUT2D eigenvalue weighted by atomic mass is 9.82. The first-order valence-corrected chi connectivity index (χ1v) is 16.3. The molecule has 1 aliphatic carbocycles. The summed E-state index contributed by atoms with van der Waals surface area (Å²) in [7, 11) is 5.59. The van der Waals surface area contributed by atoms with Crippen LogP contribution < -0.4 is 10.6 Å². The Labute approximate surface area is 270 Å². The summed E-state index contributed by atoms with van der Waals surface area (Å²) in [6.45, 7) is 1.22. The molecule has 0 heterocycles. The van der Waals surface area contributed by atoms with Crippen molar-refractivity contribution in [3.63, 3.8) is 0 Å². The predicted molar refractivity (Wildman–Crippen MR) is 178 cm³/mol. The average Bonchev–Trinajstić information content (AvgIpc) is 3.04. The lowest BCUT2D eigenvalue weighted by molar-refractivity contribution is -0.137. The molecular weight excluding hydrogens is 568 g/mol. The smallest absolute Gasteiger partial charge is 0.242 e. The second-order valence-corrected chi connectivity index (χ2v) is 12.7. The van der Waals surface area contributed by atoms with Crippen molar-refractivity contribution >= 4 is 17.7 Å². The van der Waals surface area contributed by atoms with Gasteiger partial charge in [0.25, 0.3) is 0 Å². The summed E-state index contributed by atoms with van der Waals surface area (Å²) >= 11 is 0. The number of rotatable bonds is 19. The number of amides is 3. The molecule has 5 atom stereocenters. The van der Waals surface area contributed by atoms with Crippen molar-refractivity contribution in [1.29, 1.82) is 0 Å². The number of hydrogen-bond acceptors (Lipinski definition) is 6. The van der Waals surface area contributed by atoms with Crippen LogP contribution in [0, 0.1) is 36.5 Å². The highest BCUT2D eigenvalue weighted by molar-refractivity contribution is 5.91. The highest BCUT2D eigenvalue weighted by atomic mass is 16.3. The van der Waals surface area contributed by atoms with Crippen molar-refractivity contribution in [3.8, 4) is 24.7 Å². The first-order valence-electron chi connectivity index (χ1n) is 16.3. The monoisotopic (exact) mass is 622 g/mol. The van der Waals surface area contributed by atoms with E-state index in [4.69, 9.17) is 12.8 Å². The molecule has 1 aliphatic rings.